The van der Waals surface area contributed by atoms with E-state index in [9.17, 15) is 0 Å². The molecule has 0 atom stereocenters. The molecule has 6 saturated carbocycles. The molecular weight excluding hydrogens is 1240 g/mol. The Kier molecular flexibility index (Phi) is 19.0. The smallest absolute Gasteiger partial charge is 0.201 e. The molecule has 0 radical (unpaired) electrons. The maximum absolute atomic E-state index is 2.58. The first-order valence-corrected chi connectivity index (χ1v) is 41.3. The molecule has 9 aliphatic carbocycles. The number of fused-ring (bicyclic) bond motifs is 9. The SMILES string of the molecule is Cc1c[n+](C)c(-c2c(C)ccc3c2Cc2ccccc2-3)cc1C1CCC2(CC1)CCC(C)(C)CC2.Cc1cc(-c2c(C)ccc3c2Cc2c(C)cccc2-3)[n+](C)cc1C1CCC2(CCCCC2)CC1.Cc1ccc2c(c1)Cc1c-2ccc(C)c1-c1cc(C)c(C2CCC3(CCCCC3)CC2)c[n+]1C. The van der Waals surface area contributed by atoms with Crippen molar-refractivity contribution in [2.45, 2.75) is 273 Å². The summed E-state index contributed by atoms with van der Waals surface area (Å²) >= 11 is 0. The van der Waals surface area contributed by atoms with Gasteiger partial charge in [0.05, 0.1) is 16.7 Å². The van der Waals surface area contributed by atoms with Gasteiger partial charge >= 0.3 is 0 Å². The molecule has 3 heterocycles. The van der Waals surface area contributed by atoms with E-state index >= 15 is 0 Å². The van der Waals surface area contributed by atoms with Crippen LogP contribution in [0.2, 0.25) is 0 Å². The largest absolute Gasteiger partial charge is 0.213 e. The zero-order chi connectivity index (χ0) is 71.3. The van der Waals surface area contributed by atoms with E-state index in [0.717, 1.165) is 31.1 Å². The fourth-order valence-corrected chi connectivity index (χ4v) is 23.1. The van der Waals surface area contributed by atoms with Crippen LogP contribution >= 0.6 is 0 Å². The Morgan fingerprint density at radius 2 is 0.689 bits per heavy atom. The second-order valence-electron chi connectivity index (χ2n) is 36.6. The normalized spacial score (nSPS) is 19.7. The van der Waals surface area contributed by atoms with Crippen LogP contribution in [0.4, 0.5) is 0 Å². The second kappa shape index (κ2) is 27.9. The molecule has 3 heteroatoms. The highest BCUT2D eigenvalue weighted by Crippen LogP contribution is 2.57. The van der Waals surface area contributed by atoms with Crippen molar-refractivity contribution in [3.63, 3.8) is 0 Å². The maximum Gasteiger partial charge on any atom is 0.213 e. The predicted octanol–water partition coefficient (Wildman–Crippen LogP) is 25.2. The summed E-state index contributed by atoms with van der Waals surface area (Å²) in [6, 6.07) is 44.3. The molecule has 0 saturated heterocycles. The molecule has 9 aliphatic rings. The van der Waals surface area contributed by atoms with Crippen LogP contribution in [0.5, 0.6) is 0 Å². The number of hydrogen-bond acceptors (Lipinski definition) is 0. The summed E-state index contributed by atoms with van der Waals surface area (Å²) in [7, 11) is 6.79. The molecular formula is C100H122N3+3. The molecule has 0 unspecified atom stereocenters. The molecule has 3 spiro atoms. The maximum atomic E-state index is 2.58. The number of pyridine rings is 3. The van der Waals surface area contributed by atoms with Gasteiger partial charge in [-0.15, -0.1) is 0 Å². The fourth-order valence-electron chi connectivity index (χ4n) is 23.1. The molecule has 3 nitrogen and oxygen atoms in total. The molecule has 534 valence electrons. The summed E-state index contributed by atoms with van der Waals surface area (Å²) in [6.45, 7) is 23.4. The molecule has 0 aliphatic heterocycles. The zero-order valence-corrected chi connectivity index (χ0v) is 65.8. The van der Waals surface area contributed by atoms with Gasteiger partial charge in [0.25, 0.3) is 0 Å². The number of aryl methyl sites for hydroxylation is 11. The Bertz CT molecular complexity index is 4720. The van der Waals surface area contributed by atoms with E-state index in [-0.39, 0.29) is 0 Å². The lowest BCUT2D eigenvalue weighted by Gasteiger charge is -2.47. The molecule has 6 fully saturated rings. The summed E-state index contributed by atoms with van der Waals surface area (Å²) in [5.74, 6) is 2.19. The standard InChI is InChI=1S/C34H42N.2C33H40N/c1-23-10-11-28-27-9-7-6-8-26(27)20-30(28)32(23)31-21-29(24(2)22-35(31)5)25-12-14-34(15-13-25)18-16-33(3,4)17-19-34;1-22-8-10-27-26(18-22)20-29-28(27)11-9-23(2)32(29)31-19-24(3)30(21-34(31)4)25-12-16-33(17-13-25)14-6-5-7-15-33;1-22-9-8-10-26-27-12-11-23(2)32(29(27)20-28(22)26)31-19-24(3)30(21-34(31)4)25-13-17-33(18-14-25)15-6-5-7-16-33/h6-11,21-22,25H,12-20H2,1-5H3;8-11,18-19,21,25H,5-7,12-17,20H2,1-4H3;8-12,19,21,25H,5-7,13-18,20H2,1-4H3/q3*+1. The minimum Gasteiger partial charge on any atom is -0.201 e. The van der Waals surface area contributed by atoms with E-state index in [1.54, 1.807) is 16.7 Å². The number of rotatable bonds is 6. The highest BCUT2D eigenvalue weighted by molar-refractivity contribution is 5.88. The highest BCUT2D eigenvalue weighted by Gasteiger charge is 2.44. The zero-order valence-electron chi connectivity index (χ0n) is 65.8. The van der Waals surface area contributed by atoms with Crippen molar-refractivity contribution in [3.05, 3.63) is 228 Å². The fraction of sp³-hybridized carbons (Fsp3) is 0.490. The van der Waals surface area contributed by atoms with E-state index < -0.39 is 0 Å². The topological polar surface area (TPSA) is 11.6 Å². The number of aromatic nitrogens is 3. The lowest BCUT2D eigenvalue weighted by atomic mass is 9.58. The van der Waals surface area contributed by atoms with Crippen molar-refractivity contribution >= 4 is 0 Å². The first-order valence-electron chi connectivity index (χ1n) is 41.3. The number of hydrogen-bond donors (Lipinski definition) is 0. The third-order valence-electron chi connectivity index (χ3n) is 29.5. The molecule has 18 rings (SSSR count). The summed E-state index contributed by atoms with van der Waals surface area (Å²) in [6.07, 6.45) is 48.0. The molecule has 0 bridgehead atoms. The average Bonchev–Trinajstić information content (AvgIpc) is 1.66. The van der Waals surface area contributed by atoms with Gasteiger partial charge in [-0.2, -0.15) is 0 Å². The Morgan fingerprint density at radius 1 is 0.291 bits per heavy atom. The third kappa shape index (κ3) is 13.3. The minimum atomic E-state index is 0.565. The van der Waals surface area contributed by atoms with Gasteiger partial charge in [0.1, 0.15) is 21.1 Å². The highest BCUT2D eigenvalue weighted by atomic mass is 14.9. The Morgan fingerprint density at radius 3 is 1.20 bits per heavy atom. The summed E-state index contributed by atoms with van der Waals surface area (Å²) in [5.41, 5.74) is 44.9. The van der Waals surface area contributed by atoms with Gasteiger partial charge in [-0.1, -0.05) is 155 Å². The van der Waals surface area contributed by atoms with Gasteiger partial charge in [-0.25, -0.2) is 13.7 Å². The van der Waals surface area contributed by atoms with Crippen LogP contribution in [0, 0.1) is 77.0 Å². The van der Waals surface area contributed by atoms with E-state index in [1.165, 1.54) is 312 Å². The average molecular weight is 1370 g/mol. The molecule has 9 aromatic rings. The van der Waals surface area contributed by atoms with Crippen molar-refractivity contribution in [2.75, 3.05) is 0 Å². The van der Waals surface area contributed by atoms with E-state index in [1.807, 2.05) is 0 Å². The Labute approximate surface area is 621 Å². The van der Waals surface area contributed by atoms with Crippen molar-refractivity contribution in [2.24, 2.45) is 42.8 Å². The molecule has 0 amide bonds. The lowest BCUT2D eigenvalue weighted by Crippen LogP contribution is -2.35. The quantitative estimate of drug-likeness (QED) is 0.147. The monoisotopic (exact) mass is 1360 g/mol. The molecule has 6 aromatic carbocycles. The number of nitrogens with zero attached hydrogens (tertiary/aromatic N) is 3. The van der Waals surface area contributed by atoms with E-state index in [0.29, 0.717) is 27.6 Å². The van der Waals surface area contributed by atoms with Gasteiger partial charge < -0.3 is 0 Å². The van der Waals surface area contributed by atoms with Gasteiger partial charge in [-0.3, -0.25) is 0 Å². The third-order valence-corrected chi connectivity index (χ3v) is 29.5. The first-order chi connectivity index (χ1) is 49.6. The predicted molar refractivity (Wildman–Crippen MR) is 431 cm³/mol. The summed E-state index contributed by atoms with van der Waals surface area (Å²) in [4.78, 5) is 0. The van der Waals surface area contributed by atoms with Crippen molar-refractivity contribution in [3.8, 4) is 67.2 Å². The van der Waals surface area contributed by atoms with Gasteiger partial charge in [-0.05, 0) is 348 Å². The molecule has 0 N–H and O–H groups in total. The van der Waals surface area contributed by atoms with Crippen molar-refractivity contribution in [1.82, 2.24) is 0 Å². The Hall–Kier alpha value is -7.23. The van der Waals surface area contributed by atoms with E-state index in [4.69, 9.17) is 0 Å². The first kappa shape index (κ1) is 70.1. The summed E-state index contributed by atoms with van der Waals surface area (Å²) < 4.78 is 7.26. The van der Waals surface area contributed by atoms with Crippen LogP contribution in [-0.4, -0.2) is 0 Å². The van der Waals surface area contributed by atoms with Gasteiger partial charge in [0.2, 0.25) is 17.1 Å². The van der Waals surface area contributed by atoms with Crippen LogP contribution in [0.1, 0.15) is 293 Å². The van der Waals surface area contributed by atoms with Gasteiger partial charge in [0, 0.05) is 34.9 Å². The second-order valence-corrected chi connectivity index (χ2v) is 36.6. The summed E-state index contributed by atoms with van der Waals surface area (Å²) in [5, 5.41) is 0. The lowest BCUT2D eigenvalue weighted by molar-refractivity contribution is -0.661. The molecule has 3 aromatic heterocycles. The van der Waals surface area contributed by atoms with E-state index in [2.05, 4.69) is 238 Å². The minimum absolute atomic E-state index is 0.565. The van der Waals surface area contributed by atoms with Gasteiger partial charge in [0.15, 0.2) is 18.6 Å². The van der Waals surface area contributed by atoms with Crippen molar-refractivity contribution in [1.29, 1.82) is 0 Å². The Balaban J connectivity index is 0.000000119. The van der Waals surface area contributed by atoms with Crippen LogP contribution in [0.15, 0.2) is 134 Å². The van der Waals surface area contributed by atoms with Crippen molar-refractivity contribution < 1.29 is 13.7 Å². The number of benzene rings is 6. The molecule has 103 heavy (non-hydrogen) atoms. The van der Waals surface area contributed by atoms with Crippen LogP contribution in [0.3, 0.4) is 0 Å². The van der Waals surface area contributed by atoms with Crippen LogP contribution in [-0.2, 0) is 40.4 Å². The van der Waals surface area contributed by atoms with Crippen LogP contribution < -0.4 is 13.7 Å². The van der Waals surface area contributed by atoms with Crippen LogP contribution in [0.25, 0.3) is 67.2 Å².